The van der Waals surface area contributed by atoms with E-state index in [1.165, 1.54) is 0 Å². The van der Waals surface area contributed by atoms with Gasteiger partial charge in [0.25, 0.3) is 0 Å². The summed E-state index contributed by atoms with van der Waals surface area (Å²) in [6.45, 7) is 3.27. The summed E-state index contributed by atoms with van der Waals surface area (Å²) in [7, 11) is 0. The fourth-order valence-electron chi connectivity index (χ4n) is 1.74. The molecule has 2 heterocycles. The van der Waals surface area contributed by atoms with Crippen LogP contribution in [0.1, 0.15) is 5.56 Å². The summed E-state index contributed by atoms with van der Waals surface area (Å²) >= 11 is 0. The Bertz CT molecular complexity index is 350. The molecule has 0 unspecified atom stereocenters. The Morgan fingerprint density at radius 1 is 1.47 bits per heavy atom. The highest BCUT2D eigenvalue weighted by atomic mass is 16.5. The molecular formula is C12H17N3O2. The summed E-state index contributed by atoms with van der Waals surface area (Å²) in [5.41, 5.74) is 1.13. The fourth-order valence-corrected chi connectivity index (χ4v) is 1.74. The number of ether oxygens (including phenoxy) is 1. The summed E-state index contributed by atoms with van der Waals surface area (Å²) in [6.07, 6.45) is 4.38. The van der Waals surface area contributed by atoms with E-state index in [2.05, 4.69) is 10.3 Å². The highest BCUT2D eigenvalue weighted by Crippen LogP contribution is 1.98. The first-order valence-electron chi connectivity index (χ1n) is 5.86. The fraction of sp³-hybridized carbons (Fsp3) is 0.500. The lowest BCUT2D eigenvalue weighted by molar-refractivity contribution is 0.0533. The van der Waals surface area contributed by atoms with Gasteiger partial charge < -0.3 is 15.0 Å². The SMILES string of the molecule is O=C(NCCc1cccnc1)N1CCOCC1. The molecule has 1 fully saturated rings. The Labute approximate surface area is 101 Å². The number of nitrogens with zero attached hydrogens (tertiary/aromatic N) is 2. The molecule has 0 bridgehead atoms. The van der Waals surface area contributed by atoms with Crippen molar-refractivity contribution in [2.24, 2.45) is 0 Å². The van der Waals surface area contributed by atoms with Crippen LogP contribution >= 0.6 is 0 Å². The molecule has 0 atom stereocenters. The van der Waals surface area contributed by atoms with Gasteiger partial charge in [0.1, 0.15) is 0 Å². The normalized spacial score (nSPS) is 15.6. The molecular weight excluding hydrogens is 218 g/mol. The zero-order valence-corrected chi connectivity index (χ0v) is 9.76. The molecule has 1 N–H and O–H groups in total. The van der Waals surface area contributed by atoms with Crippen molar-refractivity contribution in [3.63, 3.8) is 0 Å². The Hall–Kier alpha value is -1.62. The number of aromatic nitrogens is 1. The van der Waals surface area contributed by atoms with Crippen LogP contribution in [0.25, 0.3) is 0 Å². The van der Waals surface area contributed by atoms with E-state index in [1.54, 1.807) is 11.1 Å². The quantitative estimate of drug-likeness (QED) is 0.837. The summed E-state index contributed by atoms with van der Waals surface area (Å²) in [5, 5.41) is 2.90. The maximum Gasteiger partial charge on any atom is 0.317 e. The second-order valence-corrected chi connectivity index (χ2v) is 3.94. The minimum Gasteiger partial charge on any atom is -0.378 e. The van der Waals surface area contributed by atoms with Gasteiger partial charge in [-0.15, -0.1) is 0 Å². The predicted molar refractivity (Wildman–Crippen MR) is 63.7 cm³/mol. The lowest BCUT2D eigenvalue weighted by Gasteiger charge is -2.26. The van der Waals surface area contributed by atoms with E-state index in [9.17, 15) is 4.79 Å². The van der Waals surface area contributed by atoms with Crippen LogP contribution in [0.4, 0.5) is 4.79 Å². The third-order valence-corrected chi connectivity index (χ3v) is 2.71. The summed E-state index contributed by atoms with van der Waals surface area (Å²) in [4.78, 5) is 17.5. The second-order valence-electron chi connectivity index (χ2n) is 3.94. The number of rotatable bonds is 3. The van der Waals surface area contributed by atoms with Crippen LogP contribution in [0, 0.1) is 0 Å². The number of carbonyl (C=O) groups excluding carboxylic acids is 1. The van der Waals surface area contributed by atoms with Crippen molar-refractivity contribution in [2.75, 3.05) is 32.8 Å². The van der Waals surface area contributed by atoms with Crippen LogP contribution in [0.15, 0.2) is 24.5 Å². The number of pyridine rings is 1. The van der Waals surface area contributed by atoms with Crippen molar-refractivity contribution >= 4 is 6.03 Å². The zero-order chi connectivity index (χ0) is 11.9. The Balaban J connectivity index is 1.69. The Morgan fingerprint density at radius 3 is 3.00 bits per heavy atom. The molecule has 2 rings (SSSR count). The summed E-state index contributed by atoms with van der Waals surface area (Å²) < 4.78 is 5.19. The highest BCUT2D eigenvalue weighted by Gasteiger charge is 2.15. The van der Waals surface area contributed by atoms with E-state index >= 15 is 0 Å². The molecule has 5 heteroatoms. The molecule has 1 aliphatic rings. The molecule has 0 spiro atoms. The van der Waals surface area contributed by atoms with Gasteiger partial charge in [-0.3, -0.25) is 4.98 Å². The average molecular weight is 235 g/mol. The van der Waals surface area contributed by atoms with E-state index in [1.807, 2.05) is 18.3 Å². The van der Waals surface area contributed by atoms with E-state index in [0.717, 1.165) is 12.0 Å². The molecule has 1 aromatic rings. The van der Waals surface area contributed by atoms with E-state index in [-0.39, 0.29) is 6.03 Å². The highest BCUT2D eigenvalue weighted by molar-refractivity contribution is 5.74. The third kappa shape index (κ3) is 3.71. The van der Waals surface area contributed by atoms with Crippen molar-refractivity contribution in [1.29, 1.82) is 0 Å². The number of hydrogen-bond donors (Lipinski definition) is 1. The number of amides is 2. The zero-order valence-electron chi connectivity index (χ0n) is 9.76. The average Bonchev–Trinajstić information content (AvgIpc) is 2.41. The van der Waals surface area contributed by atoms with E-state index in [4.69, 9.17) is 4.74 Å². The molecule has 92 valence electrons. The first-order valence-corrected chi connectivity index (χ1v) is 5.86. The van der Waals surface area contributed by atoms with Gasteiger partial charge in [-0.25, -0.2) is 4.79 Å². The lowest BCUT2D eigenvalue weighted by Crippen LogP contribution is -2.46. The first kappa shape index (κ1) is 11.9. The molecule has 0 saturated carbocycles. The topological polar surface area (TPSA) is 54.5 Å². The first-order chi connectivity index (χ1) is 8.36. The van der Waals surface area contributed by atoms with Gasteiger partial charge in [0.15, 0.2) is 0 Å². The molecule has 17 heavy (non-hydrogen) atoms. The molecule has 1 aromatic heterocycles. The molecule has 1 saturated heterocycles. The monoisotopic (exact) mass is 235 g/mol. The largest absolute Gasteiger partial charge is 0.378 e. The molecule has 0 aromatic carbocycles. The third-order valence-electron chi connectivity index (χ3n) is 2.71. The van der Waals surface area contributed by atoms with Crippen molar-refractivity contribution in [3.05, 3.63) is 30.1 Å². The van der Waals surface area contributed by atoms with Crippen LogP contribution in [-0.2, 0) is 11.2 Å². The molecule has 0 aliphatic carbocycles. The lowest BCUT2D eigenvalue weighted by atomic mass is 10.2. The Morgan fingerprint density at radius 2 is 2.29 bits per heavy atom. The standard InChI is InChI=1S/C12H17N3O2/c16-12(15-6-8-17-9-7-15)14-5-3-11-2-1-4-13-10-11/h1-2,4,10H,3,5-9H2,(H,14,16). The summed E-state index contributed by atoms with van der Waals surface area (Å²) in [5.74, 6) is 0. The maximum atomic E-state index is 11.7. The smallest absolute Gasteiger partial charge is 0.317 e. The van der Waals surface area contributed by atoms with Crippen LogP contribution in [-0.4, -0.2) is 48.8 Å². The van der Waals surface area contributed by atoms with Gasteiger partial charge in [0.05, 0.1) is 13.2 Å². The predicted octanol–water partition coefficient (Wildman–Crippen LogP) is 0.666. The van der Waals surface area contributed by atoms with Crippen molar-refractivity contribution in [1.82, 2.24) is 15.2 Å². The van der Waals surface area contributed by atoms with Crippen molar-refractivity contribution < 1.29 is 9.53 Å². The number of hydrogen-bond acceptors (Lipinski definition) is 3. The number of urea groups is 1. The number of carbonyl (C=O) groups is 1. The second kappa shape index (κ2) is 6.20. The van der Waals surface area contributed by atoms with Gasteiger partial charge >= 0.3 is 6.03 Å². The minimum atomic E-state index is -0.00260. The van der Waals surface area contributed by atoms with Gasteiger partial charge in [-0.1, -0.05) is 6.07 Å². The van der Waals surface area contributed by atoms with Crippen molar-refractivity contribution in [3.8, 4) is 0 Å². The molecule has 0 radical (unpaired) electrons. The molecule has 1 aliphatic heterocycles. The number of nitrogens with one attached hydrogen (secondary N) is 1. The maximum absolute atomic E-state index is 11.7. The minimum absolute atomic E-state index is 0.00260. The van der Waals surface area contributed by atoms with Crippen molar-refractivity contribution in [2.45, 2.75) is 6.42 Å². The molecule has 5 nitrogen and oxygen atoms in total. The van der Waals surface area contributed by atoms with E-state index in [0.29, 0.717) is 32.8 Å². The van der Waals surface area contributed by atoms with Gasteiger partial charge in [0, 0.05) is 32.0 Å². The van der Waals surface area contributed by atoms with Gasteiger partial charge in [0.2, 0.25) is 0 Å². The van der Waals surface area contributed by atoms with Crippen LogP contribution in [0.5, 0.6) is 0 Å². The van der Waals surface area contributed by atoms with Gasteiger partial charge in [-0.05, 0) is 18.1 Å². The number of morpholine rings is 1. The van der Waals surface area contributed by atoms with Crippen LogP contribution in [0.2, 0.25) is 0 Å². The van der Waals surface area contributed by atoms with Crippen LogP contribution in [0.3, 0.4) is 0 Å². The van der Waals surface area contributed by atoms with Crippen LogP contribution < -0.4 is 5.32 Å². The van der Waals surface area contributed by atoms with Gasteiger partial charge in [-0.2, -0.15) is 0 Å². The molecule has 2 amide bonds. The van der Waals surface area contributed by atoms with E-state index < -0.39 is 0 Å². The Kier molecular flexibility index (Phi) is 4.32. The summed E-state index contributed by atoms with van der Waals surface area (Å²) in [6, 6.07) is 3.91.